The van der Waals surface area contributed by atoms with E-state index in [-0.39, 0.29) is 6.10 Å². The van der Waals surface area contributed by atoms with E-state index >= 15 is 0 Å². The third-order valence-electron chi connectivity index (χ3n) is 17.4. The Bertz CT molecular complexity index is 3190. The van der Waals surface area contributed by atoms with Crippen molar-refractivity contribution in [1.29, 1.82) is 0 Å². The lowest BCUT2D eigenvalue weighted by Crippen LogP contribution is -2.19. The lowest BCUT2D eigenvalue weighted by atomic mass is 9.80. The highest BCUT2D eigenvalue weighted by atomic mass is 16.5. The number of pyridine rings is 1. The van der Waals surface area contributed by atoms with Crippen molar-refractivity contribution < 1.29 is 23.7 Å². The molecule has 419 valence electrons. The van der Waals surface area contributed by atoms with Crippen LogP contribution in [-0.2, 0) is 37.0 Å². The second kappa shape index (κ2) is 28.7. The predicted molar refractivity (Wildman–Crippen MR) is 330 cm³/mol. The summed E-state index contributed by atoms with van der Waals surface area (Å²) >= 11 is 0. The molecular formula is C75H84NO5. The standard InChI is InChI=1S/C75H84NO5/c1-2-77-75(62-26-11-5-12-27-62)63-37-33-56(34-38-63)47-64(48-59-23-17-31-69(49-59)80-54-65-40-39-61-25-15-16-32-73(61)76-65)70-43-44-74(78-46-45-55-19-7-3-8-20-55)72(52-60-24-18-30-68(50-60)79-53-58-21-9-4-10-22-58)71(70)51-57-35-41-67(42-36-57)81-66-28-13-6-14-29-66/h5,11-12,15-18,23-27,30-44,49-50,55,58,66,75H,2-4,6-10,13-14,19-22,28-29,45-48,51-54H2,1H3. The molecule has 1 radical (unpaired) electrons. The summed E-state index contributed by atoms with van der Waals surface area (Å²) in [6.45, 7) is 4.58. The fourth-order valence-electron chi connectivity index (χ4n) is 13.0. The van der Waals surface area contributed by atoms with Gasteiger partial charge < -0.3 is 23.7 Å². The molecule has 6 heteroatoms. The maximum absolute atomic E-state index is 7.12. The number of aromatic nitrogens is 1. The molecular weight excluding hydrogens is 995 g/mol. The molecule has 8 aromatic rings. The van der Waals surface area contributed by atoms with E-state index in [4.69, 9.17) is 28.7 Å². The quantitative estimate of drug-likeness (QED) is 0.0568. The highest BCUT2D eigenvalue weighted by molar-refractivity contribution is 5.78. The zero-order chi connectivity index (χ0) is 54.8. The average molecular weight is 1080 g/mol. The van der Waals surface area contributed by atoms with Gasteiger partial charge in [-0.2, -0.15) is 0 Å². The third kappa shape index (κ3) is 15.8. The Morgan fingerprint density at radius 2 is 1.14 bits per heavy atom. The molecule has 0 N–H and O–H groups in total. The van der Waals surface area contributed by atoms with E-state index in [1.54, 1.807) is 0 Å². The molecule has 3 aliphatic rings. The van der Waals surface area contributed by atoms with Crippen molar-refractivity contribution in [2.75, 3.05) is 19.8 Å². The summed E-state index contributed by atoms with van der Waals surface area (Å²) in [5, 5.41) is 1.13. The maximum Gasteiger partial charge on any atom is 0.130 e. The van der Waals surface area contributed by atoms with Crippen LogP contribution in [0.2, 0.25) is 0 Å². The average Bonchev–Trinajstić information content (AvgIpc) is 3.53. The predicted octanol–water partition coefficient (Wildman–Crippen LogP) is 18.5. The zero-order valence-electron chi connectivity index (χ0n) is 48.0. The van der Waals surface area contributed by atoms with Crippen molar-refractivity contribution in [1.82, 2.24) is 4.98 Å². The fraction of sp³-hybridized carbons (Fsp3) is 0.387. The minimum atomic E-state index is -0.142. The fourth-order valence-corrected chi connectivity index (χ4v) is 13.0. The second-order valence-electron chi connectivity index (χ2n) is 23.4. The molecule has 11 rings (SSSR count). The SMILES string of the molecule is CCOC(c1ccccc1)c1ccc(C[C](Cc2cccc(OCc3ccc4ccccc4n3)c2)c2ccc(OCCC3CCCCC3)c(Cc3cccc(OCC4CCCCC4)c3)c2Cc2ccc(OC3CCCCC3)cc2)cc1. The van der Waals surface area contributed by atoms with Crippen LogP contribution in [0.5, 0.6) is 23.0 Å². The molecule has 0 aliphatic heterocycles. The van der Waals surface area contributed by atoms with Crippen LogP contribution in [0.1, 0.15) is 172 Å². The summed E-state index contributed by atoms with van der Waals surface area (Å²) in [5.41, 5.74) is 12.9. The smallest absolute Gasteiger partial charge is 0.130 e. The van der Waals surface area contributed by atoms with Crippen LogP contribution >= 0.6 is 0 Å². The number of para-hydroxylation sites is 1. The molecule has 1 heterocycles. The van der Waals surface area contributed by atoms with Gasteiger partial charge in [0.15, 0.2) is 0 Å². The Morgan fingerprint density at radius 3 is 1.90 bits per heavy atom. The molecule has 7 aromatic carbocycles. The molecule has 0 saturated heterocycles. The molecule has 1 aromatic heterocycles. The van der Waals surface area contributed by atoms with E-state index in [0.717, 1.165) is 108 Å². The number of rotatable bonds is 25. The molecule has 1 atom stereocenters. The number of nitrogens with zero attached hydrogens (tertiary/aromatic N) is 1. The number of hydrogen-bond donors (Lipinski definition) is 0. The van der Waals surface area contributed by atoms with E-state index in [1.807, 2.05) is 6.07 Å². The zero-order valence-corrected chi connectivity index (χ0v) is 48.0. The van der Waals surface area contributed by atoms with Crippen LogP contribution in [0.15, 0.2) is 176 Å². The molecule has 3 aliphatic carbocycles. The summed E-state index contributed by atoms with van der Waals surface area (Å²) < 4.78 is 33.3. The summed E-state index contributed by atoms with van der Waals surface area (Å²) in [7, 11) is 0. The van der Waals surface area contributed by atoms with Crippen LogP contribution in [0.4, 0.5) is 0 Å². The largest absolute Gasteiger partial charge is 0.493 e. The second-order valence-corrected chi connectivity index (χ2v) is 23.4. The lowest BCUT2D eigenvalue weighted by molar-refractivity contribution is 0.0913. The Balaban J connectivity index is 0.973. The Hall–Kier alpha value is -6.89. The van der Waals surface area contributed by atoms with Gasteiger partial charge in [-0.25, -0.2) is 4.98 Å². The first-order valence-electron chi connectivity index (χ1n) is 31.0. The Kier molecular flexibility index (Phi) is 19.8. The topological polar surface area (TPSA) is 59.0 Å². The van der Waals surface area contributed by atoms with Gasteiger partial charge in [-0.05, 0) is 182 Å². The molecule has 81 heavy (non-hydrogen) atoms. The van der Waals surface area contributed by atoms with Crippen molar-refractivity contribution in [3.05, 3.63) is 238 Å². The third-order valence-corrected chi connectivity index (χ3v) is 17.4. The first-order valence-corrected chi connectivity index (χ1v) is 31.0. The molecule has 0 bridgehead atoms. The first kappa shape index (κ1) is 56.0. The normalized spacial score (nSPS) is 15.9. The van der Waals surface area contributed by atoms with Gasteiger partial charge in [0.05, 0.1) is 30.5 Å². The first-order chi connectivity index (χ1) is 40.0. The van der Waals surface area contributed by atoms with E-state index in [2.05, 4.69) is 177 Å². The number of ether oxygens (including phenoxy) is 5. The Morgan fingerprint density at radius 1 is 0.494 bits per heavy atom. The van der Waals surface area contributed by atoms with Crippen LogP contribution in [0.3, 0.4) is 0 Å². The lowest BCUT2D eigenvalue weighted by Gasteiger charge is -2.27. The summed E-state index contributed by atoms with van der Waals surface area (Å²) in [6, 6.07) is 63.5. The molecule has 3 fully saturated rings. The van der Waals surface area contributed by atoms with Crippen LogP contribution < -0.4 is 18.9 Å². The summed E-state index contributed by atoms with van der Waals surface area (Å²) in [4.78, 5) is 4.93. The van der Waals surface area contributed by atoms with Crippen LogP contribution in [-0.4, -0.2) is 30.9 Å². The number of hydrogen-bond acceptors (Lipinski definition) is 6. The van der Waals surface area contributed by atoms with Gasteiger partial charge >= 0.3 is 0 Å². The minimum absolute atomic E-state index is 0.142. The molecule has 0 spiro atoms. The van der Waals surface area contributed by atoms with E-state index < -0.39 is 0 Å². The van der Waals surface area contributed by atoms with Crippen molar-refractivity contribution >= 4 is 10.9 Å². The molecule has 0 amide bonds. The number of fused-ring (bicyclic) bond motifs is 1. The van der Waals surface area contributed by atoms with Crippen molar-refractivity contribution in [3.63, 3.8) is 0 Å². The van der Waals surface area contributed by atoms with E-state index in [9.17, 15) is 0 Å². The van der Waals surface area contributed by atoms with Gasteiger partial charge in [0.2, 0.25) is 0 Å². The van der Waals surface area contributed by atoms with Crippen molar-refractivity contribution in [2.24, 2.45) is 11.8 Å². The van der Waals surface area contributed by atoms with E-state index in [0.29, 0.717) is 31.8 Å². The van der Waals surface area contributed by atoms with E-state index in [1.165, 1.54) is 128 Å². The van der Waals surface area contributed by atoms with Crippen LogP contribution in [0, 0.1) is 17.8 Å². The van der Waals surface area contributed by atoms with Crippen molar-refractivity contribution in [3.8, 4) is 23.0 Å². The monoisotopic (exact) mass is 1080 g/mol. The van der Waals surface area contributed by atoms with Gasteiger partial charge in [-0.3, -0.25) is 0 Å². The molecule has 3 saturated carbocycles. The minimum Gasteiger partial charge on any atom is -0.493 e. The Labute approximate surface area is 483 Å². The molecule has 6 nitrogen and oxygen atoms in total. The van der Waals surface area contributed by atoms with Gasteiger partial charge in [0.1, 0.15) is 35.7 Å². The van der Waals surface area contributed by atoms with Gasteiger partial charge in [-0.15, -0.1) is 0 Å². The summed E-state index contributed by atoms with van der Waals surface area (Å²) in [5.74, 6) is 6.42. The maximum atomic E-state index is 7.12. The van der Waals surface area contributed by atoms with Gasteiger partial charge in [-0.1, -0.05) is 179 Å². The molecule has 1 unspecified atom stereocenters. The highest BCUT2D eigenvalue weighted by Crippen LogP contribution is 2.39. The van der Waals surface area contributed by atoms with Crippen molar-refractivity contribution in [2.45, 2.75) is 154 Å². The highest BCUT2D eigenvalue weighted by Gasteiger charge is 2.26. The van der Waals surface area contributed by atoms with Crippen LogP contribution in [0.25, 0.3) is 10.9 Å². The number of benzene rings is 7. The summed E-state index contributed by atoms with van der Waals surface area (Å²) in [6.07, 6.45) is 23.3. The van der Waals surface area contributed by atoms with Gasteiger partial charge in [0.25, 0.3) is 0 Å². The van der Waals surface area contributed by atoms with Gasteiger partial charge in [0, 0.05) is 29.9 Å².